The molecule has 0 aliphatic rings. The van der Waals surface area contributed by atoms with E-state index in [0.717, 1.165) is 11.3 Å². The van der Waals surface area contributed by atoms with E-state index in [2.05, 4.69) is 10.5 Å². The molecule has 0 aromatic heterocycles. The summed E-state index contributed by atoms with van der Waals surface area (Å²) in [5.74, 6) is 1.04. The molecule has 110 valence electrons. The van der Waals surface area contributed by atoms with Crippen molar-refractivity contribution in [2.75, 3.05) is 19.6 Å². The van der Waals surface area contributed by atoms with Gasteiger partial charge in [-0.2, -0.15) is 5.10 Å². The summed E-state index contributed by atoms with van der Waals surface area (Å²) < 4.78 is 10.4. The van der Waals surface area contributed by atoms with Crippen molar-refractivity contribution in [3.8, 4) is 11.5 Å². The van der Waals surface area contributed by atoms with Gasteiger partial charge in [-0.15, -0.1) is 0 Å². The lowest BCUT2D eigenvalue weighted by atomic mass is 10.2. The summed E-state index contributed by atoms with van der Waals surface area (Å²) in [5.41, 5.74) is 4.37. The first kappa shape index (κ1) is 15.5. The average molecular weight is 325 g/mol. The van der Waals surface area contributed by atoms with E-state index in [1.165, 1.54) is 7.11 Å². The standard InChI is InChI=1S/C15H14Cl2N2O2/c1-20-14-8-10(7-12(17)15(14)21-2)9-18-19-13-6-4-3-5-11(13)16/h3-9,19H,1-2H3/b18-9-. The van der Waals surface area contributed by atoms with Crippen LogP contribution in [0, 0.1) is 0 Å². The molecule has 2 rings (SSSR count). The monoisotopic (exact) mass is 324 g/mol. The maximum absolute atomic E-state index is 6.13. The van der Waals surface area contributed by atoms with Crippen molar-refractivity contribution in [3.05, 3.63) is 52.0 Å². The molecule has 0 radical (unpaired) electrons. The molecule has 0 heterocycles. The number of halogens is 2. The van der Waals surface area contributed by atoms with Gasteiger partial charge >= 0.3 is 0 Å². The summed E-state index contributed by atoms with van der Waals surface area (Å²) in [7, 11) is 3.09. The second-order valence-corrected chi connectivity index (χ2v) is 4.90. The predicted molar refractivity (Wildman–Crippen MR) is 87.2 cm³/mol. The Hall–Kier alpha value is -1.91. The van der Waals surface area contributed by atoms with Crippen LogP contribution in [-0.4, -0.2) is 20.4 Å². The molecule has 1 N–H and O–H groups in total. The molecule has 4 nitrogen and oxygen atoms in total. The molecule has 0 unspecified atom stereocenters. The van der Waals surface area contributed by atoms with Gasteiger partial charge in [-0.05, 0) is 29.8 Å². The van der Waals surface area contributed by atoms with Crippen molar-refractivity contribution in [3.63, 3.8) is 0 Å². The molecule has 0 fully saturated rings. The van der Waals surface area contributed by atoms with Crippen LogP contribution < -0.4 is 14.9 Å². The first-order chi connectivity index (χ1) is 10.2. The molecule has 0 spiro atoms. The van der Waals surface area contributed by atoms with E-state index >= 15 is 0 Å². The van der Waals surface area contributed by atoms with E-state index in [4.69, 9.17) is 32.7 Å². The number of hydrogen-bond donors (Lipinski definition) is 1. The minimum Gasteiger partial charge on any atom is -0.493 e. The van der Waals surface area contributed by atoms with Crippen LogP contribution in [0.3, 0.4) is 0 Å². The number of benzene rings is 2. The van der Waals surface area contributed by atoms with E-state index in [-0.39, 0.29) is 0 Å². The Labute approximate surface area is 133 Å². The highest BCUT2D eigenvalue weighted by atomic mass is 35.5. The van der Waals surface area contributed by atoms with Crippen LogP contribution in [0.15, 0.2) is 41.5 Å². The Morgan fingerprint density at radius 2 is 1.81 bits per heavy atom. The third kappa shape index (κ3) is 3.80. The number of hydrazone groups is 1. The number of rotatable bonds is 5. The van der Waals surface area contributed by atoms with Crippen molar-refractivity contribution >= 4 is 35.1 Å². The van der Waals surface area contributed by atoms with Crippen LogP contribution in [0.2, 0.25) is 10.0 Å². The number of nitrogens with one attached hydrogen (secondary N) is 1. The molecular weight excluding hydrogens is 311 g/mol. The summed E-state index contributed by atoms with van der Waals surface area (Å²) in [6.07, 6.45) is 1.62. The molecule has 0 aliphatic heterocycles. The predicted octanol–water partition coefficient (Wildman–Crippen LogP) is 4.46. The molecule has 0 atom stereocenters. The summed E-state index contributed by atoms with van der Waals surface area (Å²) >= 11 is 12.2. The van der Waals surface area contributed by atoms with Gasteiger partial charge in [-0.1, -0.05) is 35.3 Å². The zero-order chi connectivity index (χ0) is 15.2. The van der Waals surface area contributed by atoms with Crippen molar-refractivity contribution in [2.24, 2.45) is 5.10 Å². The summed E-state index contributed by atoms with van der Waals surface area (Å²) in [6.45, 7) is 0. The van der Waals surface area contributed by atoms with E-state index in [1.807, 2.05) is 18.2 Å². The SMILES string of the molecule is COc1cc(/C=N\Nc2ccccc2Cl)cc(Cl)c1OC. The number of anilines is 1. The van der Waals surface area contributed by atoms with Crippen LogP contribution in [0.1, 0.15) is 5.56 Å². The quantitative estimate of drug-likeness (QED) is 0.652. The molecule has 21 heavy (non-hydrogen) atoms. The summed E-state index contributed by atoms with van der Waals surface area (Å²) in [4.78, 5) is 0. The van der Waals surface area contributed by atoms with Gasteiger partial charge < -0.3 is 9.47 Å². The van der Waals surface area contributed by atoms with Gasteiger partial charge in [0.25, 0.3) is 0 Å². The van der Waals surface area contributed by atoms with Crippen molar-refractivity contribution in [1.29, 1.82) is 0 Å². The number of para-hydroxylation sites is 1. The lowest BCUT2D eigenvalue weighted by molar-refractivity contribution is 0.355. The molecular formula is C15H14Cl2N2O2. The fourth-order valence-electron chi connectivity index (χ4n) is 1.74. The fourth-order valence-corrected chi connectivity index (χ4v) is 2.21. The van der Waals surface area contributed by atoms with Crippen molar-refractivity contribution in [1.82, 2.24) is 0 Å². The summed E-state index contributed by atoms with van der Waals surface area (Å²) in [6, 6.07) is 10.9. The van der Waals surface area contributed by atoms with Gasteiger partial charge in [0, 0.05) is 0 Å². The highest BCUT2D eigenvalue weighted by Gasteiger charge is 2.09. The van der Waals surface area contributed by atoms with Crippen LogP contribution in [0.4, 0.5) is 5.69 Å². The third-order valence-electron chi connectivity index (χ3n) is 2.73. The number of nitrogens with zero attached hydrogens (tertiary/aromatic N) is 1. The molecule has 0 saturated carbocycles. The largest absolute Gasteiger partial charge is 0.493 e. The fraction of sp³-hybridized carbons (Fsp3) is 0.133. The number of ether oxygens (including phenoxy) is 2. The minimum atomic E-state index is 0.455. The Morgan fingerprint density at radius 1 is 1.05 bits per heavy atom. The maximum Gasteiger partial charge on any atom is 0.179 e. The van der Waals surface area contributed by atoms with Crippen LogP contribution in [-0.2, 0) is 0 Å². The van der Waals surface area contributed by atoms with Gasteiger partial charge in [0.2, 0.25) is 0 Å². The second-order valence-electron chi connectivity index (χ2n) is 4.09. The van der Waals surface area contributed by atoms with E-state index in [1.54, 1.807) is 31.5 Å². The van der Waals surface area contributed by atoms with E-state index < -0.39 is 0 Å². The minimum absolute atomic E-state index is 0.455. The number of methoxy groups -OCH3 is 2. The molecule has 0 amide bonds. The van der Waals surface area contributed by atoms with Gasteiger partial charge in [-0.3, -0.25) is 5.43 Å². The zero-order valence-corrected chi connectivity index (χ0v) is 13.1. The first-order valence-electron chi connectivity index (χ1n) is 6.11. The van der Waals surface area contributed by atoms with Gasteiger partial charge in [0.1, 0.15) is 0 Å². The average Bonchev–Trinajstić information content (AvgIpc) is 2.48. The molecule has 0 bridgehead atoms. The van der Waals surface area contributed by atoms with Gasteiger partial charge in [0.15, 0.2) is 11.5 Å². The van der Waals surface area contributed by atoms with E-state index in [0.29, 0.717) is 21.5 Å². The second kappa shape index (κ2) is 7.20. The van der Waals surface area contributed by atoms with Crippen LogP contribution in [0.25, 0.3) is 0 Å². The van der Waals surface area contributed by atoms with Crippen molar-refractivity contribution < 1.29 is 9.47 Å². The third-order valence-corrected chi connectivity index (χ3v) is 3.34. The van der Waals surface area contributed by atoms with Gasteiger partial charge in [-0.25, -0.2) is 0 Å². The highest BCUT2D eigenvalue weighted by molar-refractivity contribution is 6.33. The lowest BCUT2D eigenvalue weighted by Gasteiger charge is -2.10. The molecule has 0 aliphatic carbocycles. The lowest BCUT2D eigenvalue weighted by Crippen LogP contribution is -1.95. The zero-order valence-electron chi connectivity index (χ0n) is 11.6. The maximum atomic E-state index is 6.13. The highest BCUT2D eigenvalue weighted by Crippen LogP contribution is 2.35. The Morgan fingerprint density at radius 3 is 2.48 bits per heavy atom. The first-order valence-corrected chi connectivity index (χ1v) is 6.86. The summed E-state index contributed by atoms with van der Waals surface area (Å²) in [5, 5.41) is 5.18. The molecule has 2 aromatic rings. The van der Waals surface area contributed by atoms with Gasteiger partial charge in [0.05, 0.1) is 36.2 Å². The van der Waals surface area contributed by atoms with Crippen molar-refractivity contribution in [2.45, 2.75) is 0 Å². The van der Waals surface area contributed by atoms with Crippen LogP contribution >= 0.6 is 23.2 Å². The Balaban J connectivity index is 2.18. The normalized spacial score (nSPS) is 10.7. The smallest absolute Gasteiger partial charge is 0.179 e. The molecule has 6 heteroatoms. The Kier molecular flexibility index (Phi) is 5.31. The van der Waals surface area contributed by atoms with Crippen LogP contribution in [0.5, 0.6) is 11.5 Å². The topological polar surface area (TPSA) is 42.8 Å². The van der Waals surface area contributed by atoms with E-state index in [9.17, 15) is 0 Å². The Bertz CT molecular complexity index is 660. The molecule has 2 aromatic carbocycles. The molecule has 0 saturated heterocycles. The number of hydrogen-bond acceptors (Lipinski definition) is 4.